The Morgan fingerprint density at radius 3 is 2.42 bits per heavy atom. The minimum Gasteiger partial charge on any atom is -0.481 e. The fourth-order valence-electron chi connectivity index (χ4n) is 2.36. The summed E-state index contributed by atoms with van der Waals surface area (Å²) in [4.78, 5) is 24.2. The van der Waals surface area contributed by atoms with Crippen LogP contribution in [0.2, 0.25) is 0 Å². The van der Waals surface area contributed by atoms with Gasteiger partial charge in [0.05, 0.1) is 5.92 Å². The summed E-state index contributed by atoms with van der Waals surface area (Å²) < 4.78 is 0. The second-order valence-corrected chi connectivity index (χ2v) is 5.27. The monoisotopic (exact) mass is 271 g/mol. The Balaban J connectivity index is 2.19. The minimum absolute atomic E-state index is 0.0596. The molecule has 1 rings (SSSR count). The zero-order valence-corrected chi connectivity index (χ0v) is 11.8. The third-order valence-corrected chi connectivity index (χ3v) is 3.78. The second kappa shape index (κ2) is 7.99. The van der Waals surface area contributed by atoms with Gasteiger partial charge in [-0.3, -0.25) is 4.79 Å². The first-order chi connectivity index (χ1) is 9.04. The van der Waals surface area contributed by atoms with Crippen molar-refractivity contribution in [1.82, 2.24) is 15.5 Å². The van der Waals surface area contributed by atoms with Crippen LogP contribution in [0, 0.1) is 11.8 Å². The molecule has 0 aliphatic heterocycles. The summed E-state index contributed by atoms with van der Waals surface area (Å²) in [6.45, 7) is 2.09. The molecule has 0 atom stereocenters. The molecule has 6 nitrogen and oxygen atoms in total. The molecule has 110 valence electrons. The van der Waals surface area contributed by atoms with Gasteiger partial charge in [0, 0.05) is 26.7 Å². The first-order valence-corrected chi connectivity index (χ1v) is 6.91. The highest BCUT2D eigenvalue weighted by molar-refractivity contribution is 5.73. The van der Waals surface area contributed by atoms with Gasteiger partial charge >= 0.3 is 12.0 Å². The number of amides is 2. The van der Waals surface area contributed by atoms with Crippen molar-refractivity contribution in [3.05, 3.63) is 0 Å². The van der Waals surface area contributed by atoms with Gasteiger partial charge in [0.2, 0.25) is 0 Å². The van der Waals surface area contributed by atoms with E-state index in [1.165, 1.54) is 0 Å². The summed E-state index contributed by atoms with van der Waals surface area (Å²) in [6.07, 6.45) is 3.23. The van der Waals surface area contributed by atoms with Crippen LogP contribution in [0.4, 0.5) is 4.79 Å². The molecule has 1 aliphatic rings. The quantitative estimate of drug-likeness (QED) is 0.665. The molecule has 19 heavy (non-hydrogen) atoms. The van der Waals surface area contributed by atoms with Crippen molar-refractivity contribution in [2.75, 3.05) is 33.7 Å². The number of rotatable bonds is 6. The molecule has 1 aliphatic carbocycles. The van der Waals surface area contributed by atoms with Gasteiger partial charge in [-0.2, -0.15) is 0 Å². The van der Waals surface area contributed by atoms with Crippen LogP contribution in [-0.2, 0) is 4.79 Å². The minimum atomic E-state index is -0.686. The summed E-state index contributed by atoms with van der Waals surface area (Å²) in [7, 11) is 3.63. The summed E-state index contributed by atoms with van der Waals surface area (Å²) in [6, 6.07) is -0.0596. The van der Waals surface area contributed by atoms with Crippen LogP contribution < -0.4 is 10.6 Å². The van der Waals surface area contributed by atoms with Crippen molar-refractivity contribution >= 4 is 12.0 Å². The Kier molecular flexibility index (Phi) is 6.62. The number of aliphatic carboxylic acids is 1. The Hall–Kier alpha value is -1.30. The third kappa shape index (κ3) is 5.46. The van der Waals surface area contributed by atoms with E-state index in [9.17, 15) is 9.59 Å². The maximum absolute atomic E-state index is 11.8. The molecule has 0 spiro atoms. The molecule has 0 radical (unpaired) electrons. The van der Waals surface area contributed by atoms with Crippen LogP contribution >= 0.6 is 0 Å². The number of urea groups is 1. The molecule has 0 heterocycles. The van der Waals surface area contributed by atoms with Crippen molar-refractivity contribution in [1.29, 1.82) is 0 Å². The number of hydrogen-bond acceptors (Lipinski definition) is 3. The summed E-state index contributed by atoms with van der Waals surface area (Å²) in [5, 5.41) is 14.8. The molecule has 1 fully saturated rings. The van der Waals surface area contributed by atoms with E-state index >= 15 is 0 Å². The van der Waals surface area contributed by atoms with Gasteiger partial charge in [-0.1, -0.05) is 0 Å². The standard InChI is InChI=1S/C13H25N3O3/c1-14-7-8-16(2)13(19)15-9-10-3-5-11(6-4-10)12(17)18/h10-11,14H,3-9H2,1-2H3,(H,15,19)(H,17,18). The van der Waals surface area contributed by atoms with Crippen molar-refractivity contribution in [2.24, 2.45) is 11.8 Å². The average molecular weight is 271 g/mol. The lowest BCUT2D eigenvalue weighted by atomic mass is 9.82. The third-order valence-electron chi connectivity index (χ3n) is 3.78. The molecule has 2 amide bonds. The molecule has 6 heteroatoms. The van der Waals surface area contributed by atoms with E-state index in [2.05, 4.69) is 10.6 Å². The van der Waals surface area contributed by atoms with E-state index in [4.69, 9.17) is 5.11 Å². The van der Waals surface area contributed by atoms with E-state index in [0.29, 0.717) is 19.0 Å². The number of carbonyl (C=O) groups excluding carboxylic acids is 1. The maximum atomic E-state index is 11.8. The molecule has 0 unspecified atom stereocenters. The topological polar surface area (TPSA) is 81.7 Å². The van der Waals surface area contributed by atoms with E-state index in [-0.39, 0.29) is 11.9 Å². The average Bonchev–Trinajstić information content (AvgIpc) is 2.42. The zero-order valence-electron chi connectivity index (χ0n) is 11.8. The fraction of sp³-hybridized carbons (Fsp3) is 0.846. The van der Waals surface area contributed by atoms with Gasteiger partial charge in [-0.25, -0.2) is 4.79 Å². The first kappa shape index (κ1) is 15.8. The fourth-order valence-corrected chi connectivity index (χ4v) is 2.36. The van der Waals surface area contributed by atoms with Crippen molar-refractivity contribution in [2.45, 2.75) is 25.7 Å². The SMILES string of the molecule is CNCCN(C)C(=O)NCC1CCC(C(=O)O)CC1. The molecular weight excluding hydrogens is 246 g/mol. The maximum Gasteiger partial charge on any atom is 0.317 e. The lowest BCUT2D eigenvalue weighted by Crippen LogP contribution is -2.42. The second-order valence-electron chi connectivity index (χ2n) is 5.27. The van der Waals surface area contributed by atoms with Gasteiger partial charge < -0.3 is 20.6 Å². The van der Waals surface area contributed by atoms with E-state index in [0.717, 1.165) is 32.2 Å². The first-order valence-electron chi connectivity index (χ1n) is 6.91. The molecule has 0 saturated heterocycles. The number of nitrogens with one attached hydrogen (secondary N) is 2. The normalized spacial score (nSPS) is 22.8. The summed E-state index contributed by atoms with van der Waals surface area (Å²) in [5.74, 6) is -0.461. The van der Waals surface area contributed by atoms with Gasteiger partial charge in [0.1, 0.15) is 0 Å². The lowest BCUT2D eigenvalue weighted by Gasteiger charge is -2.27. The number of carboxylic acids is 1. The molecule has 3 N–H and O–H groups in total. The van der Waals surface area contributed by atoms with E-state index in [1.54, 1.807) is 11.9 Å². The number of carbonyl (C=O) groups is 2. The predicted octanol–water partition coefficient (Wildman–Crippen LogP) is 0.738. The Bertz CT molecular complexity index is 302. The number of carboxylic acid groups (broad SMARTS) is 1. The number of nitrogens with zero attached hydrogens (tertiary/aromatic N) is 1. The Morgan fingerprint density at radius 2 is 1.89 bits per heavy atom. The van der Waals surface area contributed by atoms with Crippen LogP contribution in [0.5, 0.6) is 0 Å². The summed E-state index contributed by atoms with van der Waals surface area (Å²) in [5.41, 5.74) is 0. The molecule has 0 bridgehead atoms. The highest BCUT2D eigenvalue weighted by Gasteiger charge is 2.26. The molecule has 0 aromatic rings. The lowest BCUT2D eigenvalue weighted by molar-refractivity contribution is -0.143. The largest absolute Gasteiger partial charge is 0.481 e. The van der Waals surface area contributed by atoms with Crippen LogP contribution in [0.1, 0.15) is 25.7 Å². The van der Waals surface area contributed by atoms with Gasteiger partial charge in [-0.05, 0) is 38.6 Å². The Labute approximate surface area is 114 Å². The predicted molar refractivity (Wildman–Crippen MR) is 73.0 cm³/mol. The van der Waals surface area contributed by atoms with Crippen LogP contribution in [0.15, 0.2) is 0 Å². The highest BCUT2D eigenvalue weighted by atomic mass is 16.4. The van der Waals surface area contributed by atoms with Gasteiger partial charge in [0.15, 0.2) is 0 Å². The van der Waals surface area contributed by atoms with Crippen LogP contribution in [0.25, 0.3) is 0 Å². The number of likely N-dealkylation sites (N-methyl/N-ethyl adjacent to an activating group) is 2. The van der Waals surface area contributed by atoms with E-state index in [1.807, 2.05) is 7.05 Å². The smallest absolute Gasteiger partial charge is 0.317 e. The van der Waals surface area contributed by atoms with Gasteiger partial charge in [0.25, 0.3) is 0 Å². The molecule has 1 saturated carbocycles. The zero-order chi connectivity index (χ0) is 14.3. The van der Waals surface area contributed by atoms with Gasteiger partial charge in [-0.15, -0.1) is 0 Å². The Morgan fingerprint density at radius 1 is 1.26 bits per heavy atom. The molecular formula is C13H25N3O3. The summed E-state index contributed by atoms with van der Waals surface area (Å²) >= 11 is 0. The van der Waals surface area contributed by atoms with Crippen molar-refractivity contribution in [3.63, 3.8) is 0 Å². The van der Waals surface area contributed by atoms with Crippen molar-refractivity contribution < 1.29 is 14.7 Å². The van der Waals surface area contributed by atoms with E-state index < -0.39 is 5.97 Å². The molecule has 0 aromatic carbocycles. The number of hydrogen-bond donors (Lipinski definition) is 3. The van der Waals surface area contributed by atoms with Crippen molar-refractivity contribution in [3.8, 4) is 0 Å². The molecule has 0 aromatic heterocycles. The highest BCUT2D eigenvalue weighted by Crippen LogP contribution is 2.28. The van der Waals surface area contributed by atoms with Crippen LogP contribution in [0.3, 0.4) is 0 Å². The van der Waals surface area contributed by atoms with Crippen LogP contribution in [-0.4, -0.2) is 55.7 Å².